The van der Waals surface area contributed by atoms with Gasteiger partial charge in [-0.2, -0.15) is 21.4 Å². The molecule has 234 valence electrons. The number of hydrogen-bond donors (Lipinski definition) is 3. The molecule has 10 nitrogen and oxygen atoms in total. The van der Waals surface area contributed by atoms with Crippen molar-refractivity contribution in [1.29, 1.82) is 0 Å². The van der Waals surface area contributed by atoms with Crippen molar-refractivity contribution in [3.8, 4) is 0 Å². The molecule has 4 rings (SSSR count). The molecule has 0 saturated heterocycles. The summed E-state index contributed by atoms with van der Waals surface area (Å²) in [5.41, 5.74) is 2.43. The molecule has 2 aromatic rings. The minimum absolute atomic E-state index is 0.135. The first kappa shape index (κ1) is 34.5. The van der Waals surface area contributed by atoms with Crippen LogP contribution in [-0.2, 0) is 35.9 Å². The summed E-state index contributed by atoms with van der Waals surface area (Å²) in [6.07, 6.45) is 12.4. The van der Waals surface area contributed by atoms with Crippen LogP contribution in [0.1, 0.15) is 31.9 Å². The molecule has 1 atom stereocenters. The van der Waals surface area contributed by atoms with E-state index in [1.807, 2.05) is 25.3 Å². The van der Waals surface area contributed by atoms with Gasteiger partial charge in [-0.15, -0.1) is 0 Å². The van der Waals surface area contributed by atoms with Crippen molar-refractivity contribution in [3.05, 3.63) is 96.8 Å². The molecule has 2 aliphatic heterocycles. The number of carboxylic acid groups (broad SMARTS) is 1. The van der Waals surface area contributed by atoms with Crippen LogP contribution < -0.4 is 4.90 Å². The fourth-order valence-corrected chi connectivity index (χ4v) is 9.97. The minimum atomic E-state index is -4.64. The molecule has 0 aliphatic carbocycles. The van der Waals surface area contributed by atoms with Crippen LogP contribution in [0.3, 0.4) is 0 Å². The lowest BCUT2D eigenvalue weighted by atomic mass is 9.81. The fraction of sp³-hybridized carbons (Fsp3) is 0.267. The van der Waals surface area contributed by atoms with Crippen LogP contribution in [-0.4, -0.2) is 66.6 Å². The molecule has 0 saturated carbocycles. The molecule has 1 unspecified atom stereocenters. The molecule has 44 heavy (non-hydrogen) atoms. The van der Waals surface area contributed by atoms with E-state index in [0.717, 1.165) is 21.4 Å². The highest BCUT2D eigenvalue weighted by molar-refractivity contribution is 14.1. The number of anilines is 1. The van der Waals surface area contributed by atoms with E-state index in [9.17, 15) is 35.8 Å². The van der Waals surface area contributed by atoms with E-state index in [-0.39, 0.29) is 22.4 Å². The average molecular weight is 866 g/mol. The van der Waals surface area contributed by atoms with Crippen molar-refractivity contribution < 1.29 is 40.4 Å². The number of carbonyl (C=O) groups is 1. The van der Waals surface area contributed by atoms with Crippen LogP contribution in [0.5, 0.6) is 0 Å². The number of hydrogen-bond acceptors (Lipinski definition) is 6. The van der Waals surface area contributed by atoms with Crippen molar-refractivity contribution >= 4 is 88.5 Å². The third-order valence-electron chi connectivity index (χ3n) is 7.75. The topological polar surface area (TPSA) is 152 Å². The molecule has 0 aromatic heterocycles. The quantitative estimate of drug-likeness (QED) is 0.129. The summed E-state index contributed by atoms with van der Waals surface area (Å²) in [5, 5.41) is 9.59. The summed E-state index contributed by atoms with van der Waals surface area (Å²) in [6.45, 7) is 5.28. The van der Waals surface area contributed by atoms with Crippen molar-refractivity contribution in [1.82, 2.24) is 0 Å². The Hall–Kier alpha value is -2.38. The first-order valence-electron chi connectivity index (χ1n) is 13.2. The van der Waals surface area contributed by atoms with Crippen molar-refractivity contribution in [2.24, 2.45) is 0 Å². The average Bonchev–Trinajstić information content (AvgIpc) is 3.20. The number of halogens is 2. The van der Waals surface area contributed by atoms with Gasteiger partial charge in [0.25, 0.3) is 20.2 Å². The number of carboxylic acids is 1. The van der Waals surface area contributed by atoms with Gasteiger partial charge < -0.3 is 10.0 Å². The lowest BCUT2D eigenvalue weighted by Gasteiger charge is -2.28. The molecule has 14 heteroatoms. The number of allylic oxidation sites excluding steroid dienone is 8. The first-order valence-corrected chi connectivity index (χ1v) is 18.4. The minimum Gasteiger partial charge on any atom is -0.480 e. The largest absolute Gasteiger partial charge is 0.480 e. The normalized spacial score (nSPS) is 20.9. The Kier molecular flexibility index (Phi) is 9.74. The van der Waals surface area contributed by atoms with E-state index in [1.165, 1.54) is 38.8 Å². The van der Waals surface area contributed by atoms with Gasteiger partial charge in [0.2, 0.25) is 5.69 Å². The molecule has 2 heterocycles. The number of benzene rings is 2. The maximum absolute atomic E-state index is 12.1. The van der Waals surface area contributed by atoms with Gasteiger partial charge in [-0.1, -0.05) is 30.4 Å². The van der Waals surface area contributed by atoms with Gasteiger partial charge >= 0.3 is 5.97 Å². The Morgan fingerprint density at radius 1 is 0.977 bits per heavy atom. The van der Waals surface area contributed by atoms with Crippen LogP contribution in [0.4, 0.5) is 11.4 Å². The van der Waals surface area contributed by atoms with E-state index in [1.54, 1.807) is 18.2 Å². The third-order valence-corrected chi connectivity index (χ3v) is 11.0. The van der Waals surface area contributed by atoms with Gasteiger partial charge in [-0.25, -0.2) is 0 Å². The molecule has 0 fully saturated rings. The lowest BCUT2D eigenvalue weighted by Crippen LogP contribution is -2.36. The molecule has 0 radical (unpaired) electrons. The molecule has 0 amide bonds. The second-order valence-electron chi connectivity index (χ2n) is 11.2. The Bertz CT molecular complexity index is 1930. The smallest absolute Gasteiger partial charge is 0.323 e. The molecule has 3 N–H and O–H groups in total. The highest BCUT2D eigenvalue weighted by atomic mass is 127. The van der Waals surface area contributed by atoms with Crippen LogP contribution in [0.15, 0.2) is 83.5 Å². The molecule has 0 spiro atoms. The summed E-state index contributed by atoms with van der Waals surface area (Å²) in [4.78, 5) is 12.6. The van der Waals surface area contributed by atoms with Gasteiger partial charge in [-0.3, -0.25) is 13.9 Å². The zero-order chi connectivity index (χ0) is 32.8. The third kappa shape index (κ3) is 6.89. The summed E-state index contributed by atoms with van der Waals surface area (Å²) in [6, 6.07) is 7.83. The second-order valence-corrected chi connectivity index (χ2v) is 16.5. The van der Waals surface area contributed by atoms with Crippen molar-refractivity contribution in [2.75, 3.05) is 24.2 Å². The molecule has 0 bridgehead atoms. The highest BCUT2D eigenvalue weighted by Crippen LogP contribution is 2.49. The van der Waals surface area contributed by atoms with Crippen LogP contribution in [0.25, 0.3) is 0 Å². The fourth-order valence-electron chi connectivity index (χ4n) is 5.94. The SMILES string of the molecule is C[N+]1=C(/C=C/C=C/C=C/C=C2\N(CC(=O)O)c3ccc(S(=O)(=O)O)cc3C2(C)CS(=O)(=O)O)C(C)(C)c2c(I)cc(I)cc21. The number of rotatable bonds is 9. The maximum Gasteiger partial charge on any atom is 0.323 e. The molecular weight excluding hydrogens is 834 g/mol. The van der Waals surface area contributed by atoms with Crippen LogP contribution >= 0.6 is 45.2 Å². The van der Waals surface area contributed by atoms with E-state index in [2.05, 4.69) is 75.7 Å². The van der Waals surface area contributed by atoms with E-state index >= 15 is 0 Å². The number of nitrogens with zero attached hydrogens (tertiary/aromatic N) is 2. The van der Waals surface area contributed by atoms with E-state index < -0.39 is 48.8 Å². The van der Waals surface area contributed by atoms with Crippen molar-refractivity contribution in [3.63, 3.8) is 0 Å². The Labute approximate surface area is 284 Å². The first-order chi connectivity index (χ1) is 20.3. The van der Waals surface area contributed by atoms with Gasteiger partial charge in [-0.05, 0) is 102 Å². The Balaban J connectivity index is 1.67. The highest BCUT2D eigenvalue weighted by Gasteiger charge is 2.47. The van der Waals surface area contributed by atoms with Crippen LogP contribution in [0, 0.1) is 7.14 Å². The summed E-state index contributed by atoms with van der Waals surface area (Å²) in [5.74, 6) is -2.06. The monoisotopic (exact) mass is 865 g/mol. The maximum atomic E-state index is 12.1. The van der Waals surface area contributed by atoms with Gasteiger partial charge in [0.05, 0.1) is 27.0 Å². The predicted molar refractivity (Wildman–Crippen MR) is 186 cm³/mol. The van der Waals surface area contributed by atoms with Gasteiger partial charge in [0.1, 0.15) is 13.6 Å². The van der Waals surface area contributed by atoms with E-state index in [0.29, 0.717) is 0 Å². The zero-order valence-electron chi connectivity index (χ0n) is 24.2. The predicted octanol–water partition coefficient (Wildman–Crippen LogP) is 5.45. The number of aliphatic carboxylic acids is 1. The summed E-state index contributed by atoms with van der Waals surface area (Å²) in [7, 11) is -7.22. The molecule has 2 aromatic carbocycles. The second kappa shape index (κ2) is 12.4. The Morgan fingerprint density at radius 3 is 2.23 bits per heavy atom. The molecule has 2 aliphatic rings. The summed E-state index contributed by atoms with van der Waals surface area (Å²) < 4.78 is 71.7. The zero-order valence-corrected chi connectivity index (χ0v) is 30.1. The molecular formula is C30H31I2N2O8S2+. The summed E-state index contributed by atoms with van der Waals surface area (Å²) >= 11 is 4.69. The standard InChI is InChI=1S/C30H30I2N2O8S2/c1-29(2)25(33(4)24-15-19(31)14-22(32)28(24)29)10-8-6-5-7-9-11-26-30(3,18-43(37,38)39)21-16-20(44(40,41)42)12-13-23(21)34(26)17-27(35)36/h5-16H,17-18H2,1-4H3,(H2-,35,36,37,38,39,40,41,42)/p+1. The van der Waals surface area contributed by atoms with Crippen LogP contribution in [0.2, 0.25) is 0 Å². The Morgan fingerprint density at radius 2 is 1.61 bits per heavy atom. The lowest BCUT2D eigenvalue weighted by molar-refractivity contribution is -0.401. The van der Waals surface area contributed by atoms with Crippen molar-refractivity contribution in [2.45, 2.75) is 36.5 Å². The van der Waals surface area contributed by atoms with E-state index in [4.69, 9.17) is 0 Å². The van der Waals surface area contributed by atoms with Gasteiger partial charge in [0.15, 0.2) is 5.71 Å². The van der Waals surface area contributed by atoms with Gasteiger partial charge in [0, 0.05) is 30.7 Å². The number of fused-ring (bicyclic) bond motifs is 2.